The van der Waals surface area contributed by atoms with E-state index >= 15 is 0 Å². The second-order valence-electron chi connectivity index (χ2n) is 2.53. The van der Waals surface area contributed by atoms with Gasteiger partial charge in [0.15, 0.2) is 0 Å². The van der Waals surface area contributed by atoms with Gasteiger partial charge in [0, 0.05) is 10.9 Å². The largest absolute Gasteiger partial charge is 0.240 e. The van der Waals surface area contributed by atoms with E-state index in [0.717, 1.165) is 21.5 Å². The van der Waals surface area contributed by atoms with Crippen LogP contribution in [0.1, 0.15) is 11.3 Å². The predicted molar refractivity (Wildman–Crippen MR) is 52.2 cm³/mol. The molecule has 0 N–H and O–H groups in total. The highest BCUT2D eigenvalue weighted by Crippen LogP contribution is 2.25. The highest BCUT2D eigenvalue weighted by molar-refractivity contribution is 7.17. The standard InChI is InChI=1S/C9H8N2S/c1-3-7-4-12-9-6(2)10-5-11-8(7)9/h3-5H,1H2,2H3. The monoisotopic (exact) mass is 176 g/mol. The van der Waals surface area contributed by atoms with Gasteiger partial charge in [-0.15, -0.1) is 11.3 Å². The summed E-state index contributed by atoms with van der Waals surface area (Å²) >= 11 is 1.67. The quantitative estimate of drug-likeness (QED) is 0.667. The molecule has 0 atom stereocenters. The van der Waals surface area contributed by atoms with Crippen molar-refractivity contribution < 1.29 is 0 Å². The number of nitrogens with zero attached hydrogens (tertiary/aromatic N) is 2. The Morgan fingerprint density at radius 2 is 2.33 bits per heavy atom. The van der Waals surface area contributed by atoms with Crippen LogP contribution in [0.5, 0.6) is 0 Å². The number of fused-ring (bicyclic) bond motifs is 1. The van der Waals surface area contributed by atoms with E-state index in [4.69, 9.17) is 0 Å². The van der Waals surface area contributed by atoms with Crippen LogP contribution in [0.25, 0.3) is 16.3 Å². The second kappa shape index (κ2) is 2.68. The number of thiophene rings is 1. The van der Waals surface area contributed by atoms with Crippen molar-refractivity contribution in [3.63, 3.8) is 0 Å². The third-order valence-electron chi connectivity index (χ3n) is 1.78. The molecular formula is C9H8N2S. The van der Waals surface area contributed by atoms with Crippen LogP contribution in [-0.4, -0.2) is 9.97 Å². The maximum Gasteiger partial charge on any atom is 0.116 e. The molecule has 0 bridgehead atoms. The van der Waals surface area contributed by atoms with Crippen molar-refractivity contribution in [2.75, 3.05) is 0 Å². The molecule has 0 aliphatic rings. The minimum Gasteiger partial charge on any atom is -0.240 e. The Bertz CT molecular complexity index is 431. The molecule has 2 aromatic heterocycles. The number of rotatable bonds is 1. The van der Waals surface area contributed by atoms with Crippen molar-refractivity contribution in [1.82, 2.24) is 9.97 Å². The molecule has 0 amide bonds. The first-order valence-corrected chi connectivity index (χ1v) is 4.52. The van der Waals surface area contributed by atoms with Crippen LogP contribution >= 0.6 is 11.3 Å². The summed E-state index contributed by atoms with van der Waals surface area (Å²) in [6.07, 6.45) is 3.42. The van der Waals surface area contributed by atoms with Gasteiger partial charge in [-0.05, 0) is 6.92 Å². The molecular weight excluding hydrogens is 168 g/mol. The van der Waals surface area contributed by atoms with Crippen molar-refractivity contribution in [3.8, 4) is 0 Å². The molecule has 12 heavy (non-hydrogen) atoms. The van der Waals surface area contributed by atoms with Gasteiger partial charge in [0.2, 0.25) is 0 Å². The lowest BCUT2D eigenvalue weighted by Gasteiger charge is -1.92. The molecule has 0 aliphatic heterocycles. The summed E-state index contributed by atoms with van der Waals surface area (Å²) in [5.74, 6) is 0. The van der Waals surface area contributed by atoms with Gasteiger partial charge in [-0.1, -0.05) is 12.7 Å². The minimum absolute atomic E-state index is 1.02. The van der Waals surface area contributed by atoms with Crippen molar-refractivity contribution in [1.29, 1.82) is 0 Å². The predicted octanol–water partition coefficient (Wildman–Crippen LogP) is 2.64. The van der Waals surface area contributed by atoms with E-state index < -0.39 is 0 Å². The summed E-state index contributed by atoms with van der Waals surface area (Å²) in [7, 11) is 0. The Labute approximate surface area is 74.6 Å². The van der Waals surface area contributed by atoms with E-state index in [-0.39, 0.29) is 0 Å². The van der Waals surface area contributed by atoms with Crippen molar-refractivity contribution in [2.45, 2.75) is 6.92 Å². The Morgan fingerprint density at radius 1 is 1.50 bits per heavy atom. The summed E-state index contributed by atoms with van der Waals surface area (Å²) in [5, 5.41) is 2.05. The van der Waals surface area contributed by atoms with E-state index in [2.05, 4.69) is 21.9 Å². The third kappa shape index (κ3) is 0.940. The molecule has 0 unspecified atom stereocenters. The molecule has 2 nitrogen and oxygen atoms in total. The zero-order valence-corrected chi connectivity index (χ0v) is 7.56. The van der Waals surface area contributed by atoms with Gasteiger partial charge in [0.25, 0.3) is 0 Å². The molecule has 0 aliphatic carbocycles. The SMILES string of the molecule is C=Cc1csc2c(C)ncnc12. The molecule has 0 aromatic carbocycles. The Kier molecular flexibility index (Phi) is 1.66. The highest BCUT2D eigenvalue weighted by Gasteiger charge is 2.04. The Balaban J connectivity index is 2.88. The zero-order chi connectivity index (χ0) is 8.55. The molecule has 3 heteroatoms. The van der Waals surface area contributed by atoms with Gasteiger partial charge in [0.1, 0.15) is 6.33 Å². The first-order valence-electron chi connectivity index (χ1n) is 3.64. The number of aryl methyl sites for hydroxylation is 1. The molecule has 60 valence electrons. The van der Waals surface area contributed by atoms with Crippen LogP contribution in [-0.2, 0) is 0 Å². The fraction of sp³-hybridized carbons (Fsp3) is 0.111. The van der Waals surface area contributed by atoms with Crippen LogP contribution < -0.4 is 0 Å². The van der Waals surface area contributed by atoms with Crippen molar-refractivity contribution in [2.24, 2.45) is 0 Å². The molecule has 0 saturated heterocycles. The van der Waals surface area contributed by atoms with Crippen molar-refractivity contribution in [3.05, 3.63) is 29.5 Å². The van der Waals surface area contributed by atoms with E-state index in [1.165, 1.54) is 0 Å². The highest BCUT2D eigenvalue weighted by atomic mass is 32.1. The molecule has 0 radical (unpaired) electrons. The fourth-order valence-electron chi connectivity index (χ4n) is 1.13. The van der Waals surface area contributed by atoms with E-state index in [1.807, 2.05) is 13.0 Å². The van der Waals surface area contributed by atoms with Crippen LogP contribution in [0.3, 0.4) is 0 Å². The number of aromatic nitrogens is 2. The average Bonchev–Trinajstić information content (AvgIpc) is 2.49. The van der Waals surface area contributed by atoms with E-state index in [0.29, 0.717) is 0 Å². The first kappa shape index (κ1) is 7.43. The van der Waals surface area contributed by atoms with E-state index in [1.54, 1.807) is 17.7 Å². The van der Waals surface area contributed by atoms with Gasteiger partial charge < -0.3 is 0 Å². The molecule has 0 fully saturated rings. The Hall–Kier alpha value is -1.22. The van der Waals surface area contributed by atoms with Gasteiger partial charge in [-0.3, -0.25) is 0 Å². The average molecular weight is 176 g/mol. The summed E-state index contributed by atoms with van der Waals surface area (Å²) in [5.41, 5.74) is 3.15. The molecule has 2 heterocycles. The van der Waals surface area contributed by atoms with Gasteiger partial charge in [-0.2, -0.15) is 0 Å². The second-order valence-corrected chi connectivity index (χ2v) is 3.41. The fourth-order valence-corrected chi connectivity index (χ4v) is 2.09. The summed E-state index contributed by atoms with van der Waals surface area (Å²) in [6, 6.07) is 0. The van der Waals surface area contributed by atoms with Crippen LogP contribution in [0.2, 0.25) is 0 Å². The summed E-state index contributed by atoms with van der Waals surface area (Å²) in [4.78, 5) is 8.32. The lowest BCUT2D eigenvalue weighted by atomic mass is 10.2. The molecule has 0 spiro atoms. The van der Waals surface area contributed by atoms with Crippen molar-refractivity contribution >= 4 is 27.6 Å². The molecule has 2 rings (SSSR count). The third-order valence-corrected chi connectivity index (χ3v) is 2.88. The van der Waals surface area contributed by atoms with Crippen LogP contribution in [0.4, 0.5) is 0 Å². The lowest BCUT2D eigenvalue weighted by molar-refractivity contribution is 1.16. The van der Waals surface area contributed by atoms with Crippen LogP contribution in [0, 0.1) is 6.92 Å². The van der Waals surface area contributed by atoms with Gasteiger partial charge >= 0.3 is 0 Å². The number of hydrogen-bond acceptors (Lipinski definition) is 3. The maximum absolute atomic E-state index is 4.20. The first-order chi connectivity index (χ1) is 5.83. The summed E-state index contributed by atoms with van der Waals surface area (Å²) in [6.45, 7) is 5.72. The molecule has 2 aromatic rings. The normalized spacial score (nSPS) is 10.4. The minimum atomic E-state index is 1.02. The number of hydrogen-bond donors (Lipinski definition) is 0. The zero-order valence-electron chi connectivity index (χ0n) is 6.74. The topological polar surface area (TPSA) is 25.8 Å². The van der Waals surface area contributed by atoms with Crippen LogP contribution in [0.15, 0.2) is 18.3 Å². The van der Waals surface area contributed by atoms with E-state index in [9.17, 15) is 0 Å². The summed E-state index contributed by atoms with van der Waals surface area (Å²) < 4.78 is 1.16. The smallest absolute Gasteiger partial charge is 0.116 e. The maximum atomic E-state index is 4.20. The lowest BCUT2D eigenvalue weighted by Crippen LogP contribution is -1.83. The Morgan fingerprint density at radius 3 is 3.08 bits per heavy atom. The van der Waals surface area contributed by atoms with Gasteiger partial charge in [-0.25, -0.2) is 9.97 Å². The molecule has 0 saturated carbocycles. The van der Waals surface area contributed by atoms with Gasteiger partial charge in [0.05, 0.1) is 15.9 Å².